The highest BCUT2D eigenvalue weighted by atomic mass is 79.9. The Morgan fingerprint density at radius 3 is 2.62 bits per heavy atom. The van der Waals surface area contributed by atoms with Crippen LogP contribution < -0.4 is 5.73 Å². The number of pyridine rings is 1. The van der Waals surface area contributed by atoms with Crippen molar-refractivity contribution in [3.63, 3.8) is 0 Å². The lowest BCUT2D eigenvalue weighted by atomic mass is 10.0. The van der Waals surface area contributed by atoms with Gasteiger partial charge < -0.3 is 5.73 Å². The highest BCUT2D eigenvalue weighted by molar-refractivity contribution is 9.10. The number of nitrogens with zero attached hydrogens (tertiary/aromatic N) is 1. The first kappa shape index (κ1) is 16.5. The van der Waals surface area contributed by atoms with Gasteiger partial charge in [0.25, 0.3) is 0 Å². The second-order valence-corrected chi connectivity index (χ2v) is 7.37. The van der Waals surface area contributed by atoms with Gasteiger partial charge in [0.05, 0.1) is 10.3 Å². The summed E-state index contributed by atoms with van der Waals surface area (Å²) in [6.07, 6.45) is 0.939. The number of hydrogen-bond donors (Lipinski definition) is 1. The summed E-state index contributed by atoms with van der Waals surface area (Å²) in [6, 6.07) is 12.7. The minimum atomic E-state index is 0.104. The van der Waals surface area contributed by atoms with E-state index in [0.29, 0.717) is 0 Å². The van der Waals surface area contributed by atoms with Gasteiger partial charge in [-0.25, -0.2) is 4.98 Å². The van der Waals surface area contributed by atoms with Gasteiger partial charge in [-0.1, -0.05) is 46.7 Å². The van der Waals surface area contributed by atoms with Crippen LogP contribution >= 0.6 is 27.7 Å². The molecule has 0 fully saturated rings. The zero-order valence-corrected chi connectivity index (χ0v) is 15.0. The van der Waals surface area contributed by atoms with Crippen molar-refractivity contribution >= 4 is 27.7 Å². The SMILES string of the molecule is CCC(N)C(Sc1cc(C)cc(C)n1)c1cccc(Br)c1. The number of aryl methyl sites for hydroxylation is 2. The molecule has 1 aromatic carbocycles. The molecule has 2 nitrogen and oxygen atoms in total. The summed E-state index contributed by atoms with van der Waals surface area (Å²) in [6.45, 7) is 6.27. The van der Waals surface area contributed by atoms with Crippen molar-refractivity contribution < 1.29 is 0 Å². The highest BCUT2D eigenvalue weighted by Crippen LogP contribution is 2.38. The third-order valence-electron chi connectivity index (χ3n) is 3.36. The maximum absolute atomic E-state index is 6.36. The molecule has 0 aliphatic carbocycles. The Bertz CT molecular complexity index is 595. The molecule has 0 radical (unpaired) electrons. The van der Waals surface area contributed by atoms with Crippen molar-refractivity contribution in [2.75, 3.05) is 0 Å². The standard InChI is InChI=1S/C17H21BrN2S/c1-4-15(19)17(13-6-5-7-14(18)10-13)21-16-9-11(2)8-12(3)20-16/h5-10,15,17H,4,19H2,1-3H3. The second-order valence-electron chi connectivity index (χ2n) is 5.29. The smallest absolute Gasteiger partial charge is 0.0972 e. The lowest BCUT2D eigenvalue weighted by molar-refractivity contribution is 0.633. The van der Waals surface area contributed by atoms with Crippen molar-refractivity contribution in [2.45, 2.75) is 43.5 Å². The average molecular weight is 365 g/mol. The summed E-state index contributed by atoms with van der Waals surface area (Å²) in [4.78, 5) is 4.63. The van der Waals surface area contributed by atoms with Gasteiger partial charge in [0.15, 0.2) is 0 Å². The minimum absolute atomic E-state index is 0.104. The Hall–Kier alpha value is -0.840. The first-order valence-electron chi connectivity index (χ1n) is 7.12. The summed E-state index contributed by atoms with van der Waals surface area (Å²) in [5.74, 6) is 0. The van der Waals surface area contributed by atoms with Gasteiger partial charge in [-0.2, -0.15) is 0 Å². The predicted molar refractivity (Wildman–Crippen MR) is 94.7 cm³/mol. The van der Waals surface area contributed by atoms with E-state index in [1.807, 2.05) is 13.0 Å². The molecule has 1 aromatic heterocycles. The molecule has 4 heteroatoms. The molecule has 0 aliphatic heterocycles. The number of thioether (sulfide) groups is 1. The molecule has 0 amide bonds. The van der Waals surface area contributed by atoms with Gasteiger partial charge in [-0.15, -0.1) is 0 Å². The van der Waals surface area contributed by atoms with Crippen LogP contribution in [0.15, 0.2) is 45.9 Å². The summed E-state index contributed by atoms with van der Waals surface area (Å²) >= 11 is 5.30. The number of rotatable bonds is 5. The Morgan fingerprint density at radius 1 is 1.24 bits per heavy atom. The van der Waals surface area contributed by atoms with Gasteiger partial charge in [0.1, 0.15) is 0 Å². The van der Waals surface area contributed by atoms with Gasteiger partial charge in [0, 0.05) is 16.2 Å². The average Bonchev–Trinajstić information content (AvgIpc) is 2.43. The van der Waals surface area contributed by atoms with Gasteiger partial charge in [-0.05, 0) is 55.7 Å². The van der Waals surface area contributed by atoms with E-state index in [-0.39, 0.29) is 11.3 Å². The van der Waals surface area contributed by atoms with Crippen molar-refractivity contribution in [1.82, 2.24) is 4.98 Å². The summed E-state index contributed by atoms with van der Waals surface area (Å²) < 4.78 is 1.09. The molecule has 112 valence electrons. The van der Waals surface area contributed by atoms with E-state index in [4.69, 9.17) is 5.73 Å². The highest BCUT2D eigenvalue weighted by Gasteiger charge is 2.21. The second kappa shape index (κ2) is 7.43. The van der Waals surface area contributed by atoms with Crippen molar-refractivity contribution in [3.8, 4) is 0 Å². The lowest BCUT2D eigenvalue weighted by Crippen LogP contribution is -2.25. The maximum Gasteiger partial charge on any atom is 0.0972 e. The van der Waals surface area contributed by atoms with Crippen LogP contribution in [0.3, 0.4) is 0 Å². The molecule has 2 aromatic rings. The molecule has 2 atom stereocenters. The Balaban J connectivity index is 2.32. The lowest BCUT2D eigenvalue weighted by Gasteiger charge is -2.23. The number of nitrogens with two attached hydrogens (primary N) is 1. The van der Waals surface area contributed by atoms with Crippen LogP contribution in [0.25, 0.3) is 0 Å². The zero-order chi connectivity index (χ0) is 15.4. The van der Waals surface area contributed by atoms with Gasteiger partial charge in [-0.3, -0.25) is 0 Å². The van der Waals surface area contributed by atoms with Crippen LogP contribution in [0, 0.1) is 13.8 Å². The Kier molecular flexibility index (Phi) is 5.85. The quantitative estimate of drug-likeness (QED) is 0.755. The molecule has 2 rings (SSSR count). The van der Waals surface area contributed by atoms with E-state index in [1.54, 1.807) is 11.8 Å². The van der Waals surface area contributed by atoms with E-state index >= 15 is 0 Å². The summed E-state index contributed by atoms with van der Waals surface area (Å²) in [5, 5.41) is 1.25. The fraction of sp³-hybridized carbons (Fsp3) is 0.353. The molecule has 0 spiro atoms. The van der Waals surface area contributed by atoms with E-state index < -0.39 is 0 Å². The van der Waals surface area contributed by atoms with Crippen LogP contribution in [0.4, 0.5) is 0 Å². The minimum Gasteiger partial charge on any atom is -0.326 e. The molecule has 2 unspecified atom stereocenters. The maximum atomic E-state index is 6.36. The van der Waals surface area contributed by atoms with Crippen LogP contribution in [-0.2, 0) is 0 Å². The molecule has 0 saturated carbocycles. The fourth-order valence-corrected chi connectivity index (χ4v) is 4.07. The van der Waals surface area contributed by atoms with Crippen LogP contribution in [0.2, 0.25) is 0 Å². The number of aromatic nitrogens is 1. The predicted octanol–water partition coefficient (Wildman–Crippen LogP) is 5.03. The van der Waals surface area contributed by atoms with Crippen LogP contribution in [0.5, 0.6) is 0 Å². The summed E-state index contributed by atoms with van der Waals surface area (Å²) in [5.41, 5.74) is 9.89. The molecule has 0 aliphatic rings. The van der Waals surface area contributed by atoms with Gasteiger partial charge >= 0.3 is 0 Å². The summed E-state index contributed by atoms with van der Waals surface area (Å²) in [7, 11) is 0. The monoisotopic (exact) mass is 364 g/mol. The third-order valence-corrected chi connectivity index (χ3v) is 5.18. The molecule has 21 heavy (non-hydrogen) atoms. The van der Waals surface area contributed by atoms with E-state index in [1.165, 1.54) is 11.1 Å². The topological polar surface area (TPSA) is 38.9 Å². The van der Waals surface area contributed by atoms with Crippen LogP contribution in [0.1, 0.15) is 35.4 Å². The Morgan fingerprint density at radius 2 is 2.00 bits per heavy atom. The molecular formula is C17H21BrN2S. The fourth-order valence-electron chi connectivity index (χ4n) is 2.30. The van der Waals surface area contributed by atoms with Crippen LogP contribution in [-0.4, -0.2) is 11.0 Å². The first-order chi connectivity index (χ1) is 9.99. The molecule has 2 N–H and O–H groups in total. The number of hydrogen-bond acceptors (Lipinski definition) is 3. The van der Waals surface area contributed by atoms with E-state index in [0.717, 1.165) is 21.6 Å². The zero-order valence-electron chi connectivity index (χ0n) is 12.6. The molecule has 0 bridgehead atoms. The Labute approximate surface area is 139 Å². The van der Waals surface area contributed by atoms with Gasteiger partial charge in [0.2, 0.25) is 0 Å². The third kappa shape index (κ3) is 4.56. The number of benzene rings is 1. The van der Waals surface area contributed by atoms with Crippen molar-refractivity contribution in [3.05, 3.63) is 57.7 Å². The number of halogens is 1. The van der Waals surface area contributed by atoms with E-state index in [2.05, 4.69) is 65.1 Å². The molecule has 1 heterocycles. The largest absolute Gasteiger partial charge is 0.326 e. The van der Waals surface area contributed by atoms with E-state index in [9.17, 15) is 0 Å². The van der Waals surface area contributed by atoms with Crippen molar-refractivity contribution in [2.24, 2.45) is 5.73 Å². The first-order valence-corrected chi connectivity index (χ1v) is 8.80. The van der Waals surface area contributed by atoms with Crippen molar-refractivity contribution in [1.29, 1.82) is 0 Å². The normalized spacial score (nSPS) is 14.0. The molecular weight excluding hydrogens is 344 g/mol. The molecule has 0 saturated heterocycles.